The zero-order valence-electron chi connectivity index (χ0n) is 45.8. The van der Waals surface area contributed by atoms with E-state index in [9.17, 15) is 24.4 Å². The summed E-state index contributed by atoms with van der Waals surface area (Å²) < 4.78 is 52.3. The van der Waals surface area contributed by atoms with Crippen molar-refractivity contribution in [3.63, 3.8) is 0 Å². The van der Waals surface area contributed by atoms with E-state index >= 15 is 0 Å². The normalized spacial score (nSPS) is 19.7. The van der Waals surface area contributed by atoms with Crippen LogP contribution in [0.4, 0.5) is 5.82 Å². The van der Waals surface area contributed by atoms with E-state index in [1.54, 1.807) is 20.3 Å². The molecule has 2 aliphatic rings. The van der Waals surface area contributed by atoms with Gasteiger partial charge in [0.25, 0.3) is 0 Å². The van der Waals surface area contributed by atoms with Gasteiger partial charge in [-0.05, 0) is 97.3 Å². The predicted molar refractivity (Wildman–Crippen MR) is 311 cm³/mol. The van der Waals surface area contributed by atoms with Crippen molar-refractivity contribution in [3.8, 4) is 11.5 Å². The van der Waals surface area contributed by atoms with Crippen LogP contribution in [-0.2, 0) is 39.0 Å². The number of carbonyl (C=O) groups excluding carboxylic acids is 1. The number of rotatable bonds is 24. The summed E-state index contributed by atoms with van der Waals surface area (Å²) >= 11 is 1.06. The van der Waals surface area contributed by atoms with E-state index in [1.807, 2.05) is 184 Å². The van der Waals surface area contributed by atoms with Crippen LogP contribution in [0.3, 0.4) is 0 Å². The number of hydrogen-bond acceptors (Lipinski definition) is 14. The third-order valence-electron chi connectivity index (χ3n) is 15.1. The van der Waals surface area contributed by atoms with E-state index in [-0.39, 0.29) is 35.9 Å². The number of aromatic nitrogens is 2. The van der Waals surface area contributed by atoms with Crippen LogP contribution in [0.5, 0.6) is 11.5 Å². The molecule has 0 amide bonds. The van der Waals surface area contributed by atoms with Crippen LogP contribution in [-0.4, -0.2) is 88.5 Å². The number of methoxy groups -OCH3 is 2. The van der Waals surface area contributed by atoms with Crippen LogP contribution >= 0.6 is 19.5 Å². The molecule has 0 radical (unpaired) electrons. The molecule has 2 heterocycles. The number of aliphatic hydroxyl groups excluding tert-OH is 1. The molecule has 7 aromatic rings. The molecule has 420 valence electrons. The van der Waals surface area contributed by atoms with E-state index in [0.29, 0.717) is 11.5 Å². The van der Waals surface area contributed by atoms with E-state index in [4.69, 9.17) is 28.0 Å². The lowest BCUT2D eigenvalue weighted by molar-refractivity contribution is -0.124. The molecule has 80 heavy (non-hydrogen) atoms. The highest BCUT2D eigenvalue weighted by molar-refractivity contribution is 8.13. The Labute approximate surface area is 472 Å². The maximum Gasteiger partial charge on any atom is 0.405 e. The average molecular weight is 1120 g/mol. The Morgan fingerprint density at radius 2 is 1.21 bits per heavy atom. The molecule has 1 saturated carbocycles. The molecule has 1 saturated heterocycles. The van der Waals surface area contributed by atoms with Gasteiger partial charge in [-0.1, -0.05) is 177 Å². The topological polar surface area (TPSA) is 189 Å². The van der Waals surface area contributed by atoms with E-state index < -0.39 is 60.6 Å². The fourth-order valence-corrected chi connectivity index (χ4v) is 13.2. The molecule has 5 atom stereocenters. The number of hydrogen-bond donors (Lipinski definition) is 4. The maximum absolute atomic E-state index is 14.7. The highest BCUT2D eigenvalue weighted by Gasteiger charge is 2.54. The maximum atomic E-state index is 14.7. The highest BCUT2D eigenvalue weighted by Crippen LogP contribution is 2.49. The van der Waals surface area contributed by atoms with Gasteiger partial charge < -0.3 is 34.5 Å². The second kappa shape index (κ2) is 25.6. The third kappa shape index (κ3) is 12.7. The van der Waals surface area contributed by atoms with Crippen molar-refractivity contribution in [2.45, 2.75) is 94.1 Å². The molecule has 9 rings (SSSR count). The first-order valence-electron chi connectivity index (χ1n) is 27.0. The Kier molecular flexibility index (Phi) is 18.6. The SMILES string of the molecule is COc1ccc(C(Nc2ccn([C@@H]3O[C@H](COP(=O)(NC4CCCCC4)OCCSC(=O)C(C)(C)COC(c4ccccc4)(c4ccccc4)c4ccccc4)C(O)[C@]3(C)O)c(=O)n2)(c2ccccc2)c2ccc(OC)cc2)cc1. The van der Waals surface area contributed by atoms with Gasteiger partial charge >= 0.3 is 13.4 Å². The number of thioether (sulfide) groups is 1. The second-order valence-corrected chi connectivity index (χ2v) is 23.9. The van der Waals surface area contributed by atoms with Crippen molar-refractivity contribution in [3.05, 3.63) is 226 Å². The lowest BCUT2D eigenvalue weighted by atomic mass is 9.77. The summed E-state index contributed by atoms with van der Waals surface area (Å²) in [5.41, 5.74) is -0.644. The van der Waals surface area contributed by atoms with Crippen LogP contribution < -0.4 is 25.6 Å². The number of nitrogens with zero attached hydrogens (tertiary/aromatic N) is 2. The highest BCUT2D eigenvalue weighted by atomic mass is 32.2. The minimum atomic E-state index is -4.14. The molecule has 1 aliphatic carbocycles. The van der Waals surface area contributed by atoms with Crippen molar-refractivity contribution < 1.29 is 47.6 Å². The molecule has 2 fully saturated rings. The average Bonchev–Trinajstić information content (AvgIpc) is 3.72. The summed E-state index contributed by atoms with van der Waals surface area (Å²) in [6.07, 6.45) is 1.58. The van der Waals surface area contributed by atoms with Crippen LogP contribution in [0.2, 0.25) is 0 Å². The van der Waals surface area contributed by atoms with Crippen molar-refractivity contribution in [2.24, 2.45) is 5.41 Å². The monoisotopic (exact) mass is 1120 g/mol. The zero-order chi connectivity index (χ0) is 56.4. The molecular weight excluding hydrogens is 1050 g/mol. The van der Waals surface area contributed by atoms with E-state index in [0.717, 1.165) is 81.8 Å². The minimum Gasteiger partial charge on any atom is -0.497 e. The first kappa shape index (κ1) is 58.2. The summed E-state index contributed by atoms with van der Waals surface area (Å²) in [6.45, 7) is 4.54. The van der Waals surface area contributed by atoms with Crippen LogP contribution in [0.25, 0.3) is 0 Å². The number of anilines is 1. The summed E-state index contributed by atoms with van der Waals surface area (Å²) in [7, 11) is -0.933. The molecular formula is C63H71N4O11PS. The van der Waals surface area contributed by atoms with Crippen molar-refractivity contribution >= 4 is 30.4 Å². The predicted octanol–water partition coefficient (Wildman–Crippen LogP) is 11.0. The molecule has 4 N–H and O–H groups in total. The number of ether oxygens (including phenoxy) is 4. The Morgan fingerprint density at radius 3 is 1.70 bits per heavy atom. The molecule has 6 aromatic carbocycles. The number of aliphatic hydroxyl groups is 2. The molecule has 15 nitrogen and oxygen atoms in total. The molecule has 1 aliphatic heterocycles. The van der Waals surface area contributed by atoms with Gasteiger partial charge in [-0.3, -0.25) is 18.4 Å². The van der Waals surface area contributed by atoms with Gasteiger partial charge in [0.2, 0.25) is 0 Å². The summed E-state index contributed by atoms with van der Waals surface area (Å²) in [4.78, 5) is 32.8. The lowest BCUT2D eigenvalue weighted by Gasteiger charge is -2.38. The van der Waals surface area contributed by atoms with Gasteiger partial charge in [-0.15, -0.1) is 0 Å². The van der Waals surface area contributed by atoms with Crippen molar-refractivity contribution in [2.75, 3.05) is 45.1 Å². The van der Waals surface area contributed by atoms with E-state index in [2.05, 4.69) is 15.4 Å². The zero-order valence-corrected chi connectivity index (χ0v) is 47.5. The first-order chi connectivity index (χ1) is 38.6. The minimum absolute atomic E-state index is 0.0745. The summed E-state index contributed by atoms with van der Waals surface area (Å²) in [5, 5.41) is 30.1. The first-order valence-corrected chi connectivity index (χ1v) is 29.6. The quantitative estimate of drug-likeness (QED) is 0.0254. The molecule has 0 spiro atoms. The van der Waals surface area contributed by atoms with Crippen LogP contribution in [0.1, 0.15) is 92.5 Å². The van der Waals surface area contributed by atoms with Gasteiger partial charge in [-0.25, -0.2) is 14.4 Å². The lowest BCUT2D eigenvalue weighted by Crippen LogP contribution is -2.46. The Hall–Kier alpha value is -6.43. The number of carbonyl (C=O) groups is 1. The second-order valence-electron chi connectivity index (χ2n) is 21.1. The molecule has 17 heteroatoms. The van der Waals surface area contributed by atoms with Crippen molar-refractivity contribution in [1.29, 1.82) is 0 Å². The van der Waals surface area contributed by atoms with Gasteiger partial charge in [0, 0.05) is 18.0 Å². The molecule has 2 unspecified atom stereocenters. The Morgan fingerprint density at radius 1 is 0.725 bits per heavy atom. The third-order valence-corrected chi connectivity index (χ3v) is 18.0. The summed E-state index contributed by atoms with van der Waals surface area (Å²) in [5.74, 6) is 1.68. The number of nitrogens with one attached hydrogen (secondary N) is 2. The van der Waals surface area contributed by atoms with Crippen LogP contribution in [0, 0.1) is 5.41 Å². The van der Waals surface area contributed by atoms with E-state index in [1.165, 1.54) is 13.1 Å². The molecule has 1 aromatic heterocycles. The Balaban J connectivity index is 0.888. The Bertz CT molecular complexity index is 3080. The largest absolute Gasteiger partial charge is 0.497 e. The van der Waals surface area contributed by atoms with Crippen molar-refractivity contribution in [1.82, 2.24) is 14.6 Å². The van der Waals surface area contributed by atoms with Gasteiger partial charge in [0.1, 0.15) is 46.3 Å². The molecule has 0 bridgehead atoms. The number of benzene rings is 6. The standard InChI is InChI=1S/C63H71N4O11PS/c1-60(2,44-75-63(48-23-13-7-14-24-48,49-25-15-8-16-26-49)50-27-17-9-18-28-50)58(69)80-42-41-76-79(72,66-51-29-19-10-20-30-51)77-43-54-56(68)61(3,71)57(78-54)67-40-39-55(64-59(67)70)65-62(45-21-11-6-12-22-45,46-31-35-52(73-4)36-32-46)47-33-37-53(74-5)38-34-47/h6-9,11-18,21-28,31-40,51,54,56-57,68,71H,10,19-20,29-30,41-44H2,1-5H3,(H,66,72)(H,64,65,70)/t54-,56?,57-,61+,79?/m1/s1. The fourth-order valence-electron chi connectivity index (χ4n) is 10.7. The fraction of sp³-hybridized carbons (Fsp3) is 0.349. The van der Waals surface area contributed by atoms with Gasteiger partial charge in [-0.2, -0.15) is 4.98 Å². The van der Waals surface area contributed by atoms with Gasteiger partial charge in [0.05, 0.1) is 39.5 Å². The van der Waals surface area contributed by atoms with Crippen LogP contribution in [0.15, 0.2) is 187 Å². The van der Waals surface area contributed by atoms with Gasteiger partial charge in [0.15, 0.2) is 11.3 Å². The summed E-state index contributed by atoms with van der Waals surface area (Å²) in [6, 6.07) is 56.4. The smallest absolute Gasteiger partial charge is 0.405 e.